The highest BCUT2D eigenvalue weighted by Gasteiger charge is 2.20. The Hall–Kier alpha value is -3.01. The Balaban J connectivity index is 1.74. The van der Waals surface area contributed by atoms with Gasteiger partial charge in [-0.3, -0.25) is 4.79 Å². The first-order chi connectivity index (χ1) is 11.2. The van der Waals surface area contributed by atoms with E-state index >= 15 is 0 Å². The molecule has 0 saturated carbocycles. The maximum atomic E-state index is 12.7. The van der Waals surface area contributed by atoms with E-state index in [2.05, 4.69) is 5.32 Å². The minimum atomic E-state index is -0.162. The fourth-order valence-corrected chi connectivity index (χ4v) is 2.87. The summed E-state index contributed by atoms with van der Waals surface area (Å²) in [5, 5.41) is 4.95. The van der Waals surface area contributed by atoms with Gasteiger partial charge in [-0.2, -0.15) is 0 Å². The number of rotatable bonds is 2. The molecule has 1 amide bonds. The number of hydrogen-bond donors (Lipinski definition) is 1. The molecule has 0 fully saturated rings. The Morgan fingerprint density at radius 3 is 2.65 bits per heavy atom. The molecule has 1 N–H and O–H groups in total. The van der Waals surface area contributed by atoms with Gasteiger partial charge in [0.25, 0.3) is 5.91 Å². The Morgan fingerprint density at radius 1 is 0.957 bits per heavy atom. The summed E-state index contributed by atoms with van der Waals surface area (Å²) in [4.78, 5) is 12.7. The second-order valence-electron chi connectivity index (χ2n) is 5.47. The van der Waals surface area contributed by atoms with Crippen LogP contribution in [0.15, 0.2) is 54.6 Å². The van der Waals surface area contributed by atoms with Crippen molar-refractivity contribution < 1.29 is 14.3 Å². The fourth-order valence-electron chi connectivity index (χ4n) is 2.87. The van der Waals surface area contributed by atoms with E-state index in [4.69, 9.17) is 9.47 Å². The van der Waals surface area contributed by atoms with E-state index in [-0.39, 0.29) is 12.7 Å². The van der Waals surface area contributed by atoms with E-state index in [0.717, 1.165) is 16.3 Å². The fraction of sp³-hybridized carbons (Fsp3) is 0.105. The van der Waals surface area contributed by atoms with Gasteiger partial charge in [-0.1, -0.05) is 36.4 Å². The Labute approximate surface area is 133 Å². The average Bonchev–Trinajstić information content (AvgIpc) is 3.05. The van der Waals surface area contributed by atoms with Crippen molar-refractivity contribution in [3.8, 4) is 11.5 Å². The van der Waals surface area contributed by atoms with Crippen molar-refractivity contribution in [3.63, 3.8) is 0 Å². The van der Waals surface area contributed by atoms with Crippen molar-refractivity contribution in [2.45, 2.75) is 6.92 Å². The molecule has 0 bridgehead atoms. The smallest absolute Gasteiger partial charge is 0.256 e. The number of carbonyl (C=O) groups excluding carboxylic acids is 1. The molecule has 0 radical (unpaired) electrons. The predicted molar refractivity (Wildman–Crippen MR) is 89.2 cm³/mol. The number of para-hydroxylation sites is 1. The number of nitrogens with one attached hydrogen (secondary N) is 1. The summed E-state index contributed by atoms with van der Waals surface area (Å²) in [7, 11) is 0. The van der Waals surface area contributed by atoms with Gasteiger partial charge in [0.1, 0.15) is 0 Å². The largest absolute Gasteiger partial charge is 0.454 e. The van der Waals surface area contributed by atoms with Crippen LogP contribution in [0.4, 0.5) is 5.69 Å². The van der Waals surface area contributed by atoms with E-state index in [1.54, 1.807) is 0 Å². The van der Waals surface area contributed by atoms with Crippen LogP contribution >= 0.6 is 0 Å². The Morgan fingerprint density at radius 2 is 1.78 bits per heavy atom. The van der Waals surface area contributed by atoms with Crippen molar-refractivity contribution >= 4 is 22.4 Å². The zero-order chi connectivity index (χ0) is 15.8. The maximum absolute atomic E-state index is 12.7. The number of ether oxygens (including phenoxy) is 2. The lowest BCUT2D eigenvalue weighted by Crippen LogP contribution is -2.13. The van der Waals surface area contributed by atoms with Crippen molar-refractivity contribution in [2.24, 2.45) is 0 Å². The Kier molecular flexibility index (Phi) is 3.15. The van der Waals surface area contributed by atoms with Crippen molar-refractivity contribution in [2.75, 3.05) is 12.1 Å². The molecule has 0 spiro atoms. The van der Waals surface area contributed by atoms with Crippen molar-refractivity contribution in [1.29, 1.82) is 0 Å². The van der Waals surface area contributed by atoms with Crippen LogP contribution < -0.4 is 14.8 Å². The topological polar surface area (TPSA) is 47.6 Å². The summed E-state index contributed by atoms with van der Waals surface area (Å²) in [6.07, 6.45) is 0. The molecular formula is C19H15NO3. The van der Waals surface area contributed by atoms with E-state index < -0.39 is 0 Å². The van der Waals surface area contributed by atoms with Crippen LogP contribution in [-0.4, -0.2) is 12.7 Å². The first-order valence-electron chi connectivity index (χ1n) is 7.42. The van der Waals surface area contributed by atoms with Gasteiger partial charge in [-0.25, -0.2) is 0 Å². The summed E-state index contributed by atoms with van der Waals surface area (Å²) in [6, 6.07) is 17.2. The van der Waals surface area contributed by atoms with E-state index in [9.17, 15) is 4.79 Å². The standard InChI is InChI=1S/C19H15NO3/c1-12-9-10-15(14-6-3-2-5-13(12)14)19(21)20-16-7-4-8-17-18(16)23-11-22-17/h2-10H,11H2,1H3,(H,20,21). The molecule has 1 aliphatic heterocycles. The number of benzene rings is 3. The Bertz CT molecular complexity index is 918. The van der Waals surface area contributed by atoms with Gasteiger partial charge < -0.3 is 14.8 Å². The number of anilines is 1. The SMILES string of the molecule is Cc1ccc(C(=O)Nc2cccc3c2OCO3)c2ccccc12. The molecule has 3 aromatic carbocycles. The molecule has 0 unspecified atom stereocenters. The van der Waals surface area contributed by atoms with E-state index in [1.165, 1.54) is 0 Å². The molecule has 3 aromatic rings. The van der Waals surface area contributed by atoms with Crippen LogP contribution in [0, 0.1) is 6.92 Å². The highest BCUT2D eigenvalue weighted by Crippen LogP contribution is 2.39. The van der Waals surface area contributed by atoms with Crippen LogP contribution in [0.5, 0.6) is 11.5 Å². The second kappa shape index (κ2) is 5.32. The lowest BCUT2D eigenvalue weighted by molar-refractivity contribution is 0.102. The molecule has 1 heterocycles. The van der Waals surface area contributed by atoms with Gasteiger partial charge in [0.2, 0.25) is 6.79 Å². The van der Waals surface area contributed by atoms with Gasteiger partial charge in [-0.05, 0) is 41.5 Å². The number of hydrogen-bond acceptors (Lipinski definition) is 3. The molecular weight excluding hydrogens is 290 g/mol. The first-order valence-corrected chi connectivity index (χ1v) is 7.42. The average molecular weight is 305 g/mol. The normalized spacial score (nSPS) is 12.4. The summed E-state index contributed by atoms with van der Waals surface area (Å²) < 4.78 is 10.8. The van der Waals surface area contributed by atoms with Crippen molar-refractivity contribution in [1.82, 2.24) is 0 Å². The summed E-state index contributed by atoms with van der Waals surface area (Å²) in [5.74, 6) is 1.07. The summed E-state index contributed by atoms with van der Waals surface area (Å²) in [6.45, 7) is 2.22. The third kappa shape index (κ3) is 2.28. The lowest BCUT2D eigenvalue weighted by Gasteiger charge is -2.11. The molecule has 23 heavy (non-hydrogen) atoms. The summed E-state index contributed by atoms with van der Waals surface area (Å²) in [5.41, 5.74) is 2.41. The maximum Gasteiger partial charge on any atom is 0.256 e. The molecule has 0 atom stereocenters. The second-order valence-corrected chi connectivity index (χ2v) is 5.47. The molecule has 4 rings (SSSR count). The molecule has 114 valence electrons. The van der Waals surface area contributed by atoms with Crippen LogP contribution in [0.2, 0.25) is 0 Å². The first kappa shape index (κ1) is 13.6. The minimum Gasteiger partial charge on any atom is -0.454 e. The van der Waals surface area contributed by atoms with E-state index in [0.29, 0.717) is 22.7 Å². The lowest BCUT2D eigenvalue weighted by atomic mass is 10.00. The van der Waals surface area contributed by atoms with Crippen molar-refractivity contribution in [3.05, 3.63) is 65.7 Å². The third-order valence-corrected chi connectivity index (χ3v) is 4.03. The zero-order valence-corrected chi connectivity index (χ0v) is 12.6. The number of fused-ring (bicyclic) bond motifs is 2. The van der Waals surface area contributed by atoms with E-state index in [1.807, 2.05) is 61.5 Å². The predicted octanol–water partition coefficient (Wildman–Crippen LogP) is 4.13. The minimum absolute atomic E-state index is 0.162. The third-order valence-electron chi connectivity index (χ3n) is 4.03. The van der Waals surface area contributed by atoms with Crippen LogP contribution in [0.25, 0.3) is 10.8 Å². The number of aryl methyl sites for hydroxylation is 1. The van der Waals surface area contributed by atoms with Crippen LogP contribution in [0.1, 0.15) is 15.9 Å². The quantitative estimate of drug-likeness (QED) is 0.774. The highest BCUT2D eigenvalue weighted by atomic mass is 16.7. The van der Waals surface area contributed by atoms with Gasteiger partial charge in [0.05, 0.1) is 5.69 Å². The molecule has 0 aliphatic carbocycles. The molecule has 0 aromatic heterocycles. The summed E-state index contributed by atoms with van der Waals surface area (Å²) >= 11 is 0. The van der Waals surface area contributed by atoms with Gasteiger partial charge in [0, 0.05) is 5.56 Å². The monoisotopic (exact) mass is 305 g/mol. The zero-order valence-electron chi connectivity index (χ0n) is 12.6. The van der Waals surface area contributed by atoms with Gasteiger partial charge in [0.15, 0.2) is 11.5 Å². The highest BCUT2D eigenvalue weighted by molar-refractivity contribution is 6.13. The van der Waals surface area contributed by atoms with Gasteiger partial charge in [-0.15, -0.1) is 0 Å². The van der Waals surface area contributed by atoms with Gasteiger partial charge >= 0.3 is 0 Å². The molecule has 4 heteroatoms. The van der Waals surface area contributed by atoms with Crippen LogP contribution in [0.3, 0.4) is 0 Å². The molecule has 4 nitrogen and oxygen atoms in total. The van der Waals surface area contributed by atoms with Crippen LogP contribution in [-0.2, 0) is 0 Å². The molecule has 0 saturated heterocycles. The number of amides is 1. The molecule has 1 aliphatic rings. The number of carbonyl (C=O) groups is 1.